The maximum Gasteiger partial charge on any atom is 0.144 e. The molecule has 0 unspecified atom stereocenters. The number of hydrogen-bond donors (Lipinski definition) is 2. The zero-order chi connectivity index (χ0) is 13.9. The lowest BCUT2D eigenvalue weighted by Gasteiger charge is -2.22. The fraction of sp³-hybridized carbons (Fsp3) is 0.600. The molecule has 1 aromatic rings. The van der Waals surface area contributed by atoms with Crippen LogP contribution in [-0.4, -0.2) is 22.2 Å². The summed E-state index contributed by atoms with van der Waals surface area (Å²) in [7, 11) is 0. The van der Waals surface area contributed by atoms with Crippen molar-refractivity contribution in [2.24, 2.45) is 0 Å². The van der Waals surface area contributed by atoms with Gasteiger partial charge in [0.1, 0.15) is 11.9 Å². The molecule has 102 valence electrons. The van der Waals surface area contributed by atoms with Crippen LogP contribution < -0.4 is 5.32 Å². The van der Waals surface area contributed by atoms with Gasteiger partial charge in [-0.05, 0) is 44.7 Å². The van der Waals surface area contributed by atoms with Crippen molar-refractivity contribution in [2.45, 2.75) is 51.6 Å². The van der Waals surface area contributed by atoms with Gasteiger partial charge < -0.3 is 10.4 Å². The van der Waals surface area contributed by atoms with Crippen molar-refractivity contribution in [2.75, 3.05) is 11.9 Å². The minimum atomic E-state index is -0.514. The minimum Gasteiger partial charge on any atom is -0.390 e. The van der Waals surface area contributed by atoms with E-state index < -0.39 is 5.60 Å². The Bertz CT molecular complexity index is 499. The van der Waals surface area contributed by atoms with E-state index in [9.17, 15) is 5.11 Å². The van der Waals surface area contributed by atoms with Crippen LogP contribution in [0, 0.1) is 25.2 Å². The fourth-order valence-corrected chi connectivity index (χ4v) is 2.62. The third kappa shape index (κ3) is 3.24. The van der Waals surface area contributed by atoms with Gasteiger partial charge in [-0.15, -0.1) is 0 Å². The minimum absolute atomic E-state index is 0.514. The predicted octanol–water partition coefficient (Wildman–Crippen LogP) is 2.68. The van der Waals surface area contributed by atoms with Gasteiger partial charge in [0.25, 0.3) is 0 Å². The van der Waals surface area contributed by atoms with Gasteiger partial charge in [0.15, 0.2) is 0 Å². The van der Waals surface area contributed by atoms with Crippen LogP contribution in [0.2, 0.25) is 0 Å². The van der Waals surface area contributed by atoms with Crippen LogP contribution in [0.3, 0.4) is 0 Å². The van der Waals surface area contributed by atoms with Crippen molar-refractivity contribution >= 4 is 5.82 Å². The first-order valence-electron chi connectivity index (χ1n) is 6.89. The molecule has 0 amide bonds. The zero-order valence-corrected chi connectivity index (χ0v) is 11.7. The summed E-state index contributed by atoms with van der Waals surface area (Å²) in [5.41, 5.74) is 2.01. The average molecular weight is 259 g/mol. The second kappa shape index (κ2) is 5.58. The van der Waals surface area contributed by atoms with Crippen LogP contribution in [0.15, 0.2) is 6.07 Å². The average Bonchev–Trinajstić information content (AvgIpc) is 2.80. The van der Waals surface area contributed by atoms with Crippen LogP contribution >= 0.6 is 0 Å². The van der Waals surface area contributed by atoms with Crippen LogP contribution in [-0.2, 0) is 0 Å². The molecule has 0 spiro atoms. The van der Waals surface area contributed by atoms with Crippen molar-refractivity contribution in [1.82, 2.24) is 4.98 Å². The maximum atomic E-state index is 10.3. The Morgan fingerprint density at radius 1 is 1.42 bits per heavy atom. The Labute approximate surface area is 114 Å². The SMILES string of the molecule is Cc1cc(C#N)c(NCCC2(O)CCCC2)nc1C. The summed E-state index contributed by atoms with van der Waals surface area (Å²) in [6.45, 7) is 4.54. The van der Waals surface area contributed by atoms with Crippen molar-refractivity contribution < 1.29 is 5.11 Å². The molecule has 0 radical (unpaired) electrons. The molecule has 1 aliphatic carbocycles. The molecule has 1 saturated carbocycles. The third-order valence-electron chi connectivity index (χ3n) is 4.00. The number of rotatable bonds is 4. The van der Waals surface area contributed by atoms with Crippen molar-refractivity contribution in [3.05, 3.63) is 22.9 Å². The topological polar surface area (TPSA) is 68.9 Å². The van der Waals surface area contributed by atoms with Gasteiger partial charge in [-0.3, -0.25) is 0 Å². The summed E-state index contributed by atoms with van der Waals surface area (Å²) in [5, 5.41) is 22.6. The molecule has 0 saturated heterocycles. The summed E-state index contributed by atoms with van der Waals surface area (Å²) >= 11 is 0. The summed E-state index contributed by atoms with van der Waals surface area (Å²) in [6, 6.07) is 4.02. The number of nitrogens with one attached hydrogen (secondary N) is 1. The standard InChI is InChI=1S/C15H21N3O/c1-11-9-13(10-16)14(18-12(11)2)17-8-7-15(19)5-3-4-6-15/h9,19H,3-8H2,1-2H3,(H,17,18). The van der Waals surface area contributed by atoms with Crippen molar-refractivity contribution in [3.63, 3.8) is 0 Å². The predicted molar refractivity (Wildman–Crippen MR) is 75.0 cm³/mol. The molecule has 1 aromatic heterocycles. The molecule has 1 heterocycles. The van der Waals surface area contributed by atoms with Gasteiger partial charge in [0.2, 0.25) is 0 Å². The van der Waals surface area contributed by atoms with E-state index in [0.29, 0.717) is 24.3 Å². The molecule has 0 aliphatic heterocycles. The van der Waals surface area contributed by atoms with Gasteiger partial charge >= 0.3 is 0 Å². The molecule has 19 heavy (non-hydrogen) atoms. The lowest BCUT2D eigenvalue weighted by atomic mass is 9.98. The maximum absolute atomic E-state index is 10.3. The number of pyridine rings is 1. The molecule has 2 N–H and O–H groups in total. The first-order valence-corrected chi connectivity index (χ1v) is 6.89. The van der Waals surface area contributed by atoms with Crippen LogP contribution in [0.4, 0.5) is 5.82 Å². The van der Waals surface area contributed by atoms with Gasteiger partial charge in [-0.2, -0.15) is 5.26 Å². The van der Waals surface area contributed by atoms with E-state index in [0.717, 1.165) is 36.9 Å². The zero-order valence-electron chi connectivity index (χ0n) is 11.7. The van der Waals surface area contributed by atoms with Gasteiger partial charge in [-0.1, -0.05) is 12.8 Å². The second-order valence-electron chi connectivity index (χ2n) is 5.51. The highest BCUT2D eigenvalue weighted by atomic mass is 16.3. The number of aromatic nitrogens is 1. The van der Waals surface area contributed by atoms with Crippen LogP contribution in [0.25, 0.3) is 0 Å². The van der Waals surface area contributed by atoms with Gasteiger partial charge in [-0.25, -0.2) is 4.98 Å². The van der Waals surface area contributed by atoms with Crippen LogP contribution in [0.5, 0.6) is 0 Å². The normalized spacial score (nSPS) is 17.2. The lowest BCUT2D eigenvalue weighted by Crippen LogP contribution is -2.27. The summed E-state index contributed by atoms with van der Waals surface area (Å²) < 4.78 is 0. The molecule has 0 aromatic carbocycles. The number of anilines is 1. The van der Waals surface area contributed by atoms with E-state index >= 15 is 0 Å². The monoisotopic (exact) mass is 259 g/mol. The number of aryl methyl sites for hydroxylation is 2. The van der Waals surface area contributed by atoms with E-state index in [-0.39, 0.29) is 0 Å². The van der Waals surface area contributed by atoms with Gasteiger partial charge in [0.05, 0.1) is 11.2 Å². The molecule has 4 heteroatoms. The second-order valence-corrected chi connectivity index (χ2v) is 5.51. The quantitative estimate of drug-likeness (QED) is 0.872. The van der Waals surface area contributed by atoms with Crippen molar-refractivity contribution in [3.8, 4) is 6.07 Å². The largest absolute Gasteiger partial charge is 0.390 e. The van der Waals surface area contributed by atoms with E-state index in [4.69, 9.17) is 5.26 Å². The first kappa shape index (κ1) is 13.8. The smallest absolute Gasteiger partial charge is 0.144 e. The lowest BCUT2D eigenvalue weighted by molar-refractivity contribution is 0.0424. The highest BCUT2D eigenvalue weighted by molar-refractivity contribution is 5.54. The van der Waals surface area contributed by atoms with E-state index in [1.165, 1.54) is 0 Å². The van der Waals surface area contributed by atoms with E-state index in [2.05, 4.69) is 16.4 Å². The summed E-state index contributed by atoms with van der Waals surface area (Å²) in [6.07, 6.45) is 4.72. The Balaban J connectivity index is 1.99. The molecular formula is C15H21N3O. The molecule has 1 fully saturated rings. The third-order valence-corrected chi connectivity index (χ3v) is 4.00. The highest BCUT2D eigenvalue weighted by Crippen LogP contribution is 2.32. The molecular weight excluding hydrogens is 238 g/mol. The Kier molecular flexibility index (Phi) is 4.06. The first-order chi connectivity index (χ1) is 9.04. The Morgan fingerprint density at radius 3 is 2.74 bits per heavy atom. The fourth-order valence-electron chi connectivity index (χ4n) is 2.62. The number of hydrogen-bond acceptors (Lipinski definition) is 4. The number of nitrogens with zero attached hydrogens (tertiary/aromatic N) is 2. The van der Waals surface area contributed by atoms with Gasteiger partial charge in [0, 0.05) is 12.2 Å². The highest BCUT2D eigenvalue weighted by Gasteiger charge is 2.30. The van der Waals surface area contributed by atoms with E-state index in [1.807, 2.05) is 19.9 Å². The van der Waals surface area contributed by atoms with Crippen molar-refractivity contribution in [1.29, 1.82) is 5.26 Å². The molecule has 4 nitrogen and oxygen atoms in total. The number of aliphatic hydroxyl groups is 1. The van der Waals surface area contributed by atoms with E-state index in [1.54, 1.807) is 0 Å². The molecule has 2 rings (SSSR count). The number of nitriles is 1. The summed E-state index contributed by atoms with van der Waals surface area (Å²) in [5.74, 6) is 0.632. The Hall–Kier alpha value is -1.60. The molecule has 1 aliphatic rings. The van der Waals surface area contributed by atoms with Crippen LogP contribution in [0.1, 0.15) is 48.9 Å². The Morgan fingerprint density at radius 2 is 2.11 bits per heavy atom. The summed E-state index contributed by atoms with van der Waals surface area (Å²) in [4.78, 5) is 4.42. The molecule has 0 bridgehead atoms. The molecule has 0 atom stereocenters.